The maximum Gasteiger partial charge on any atom is 0.240 e. The summed E-state index contributed by atoms with van der Waals surface area (Å²) in [5.74, 6) is 1.50. The van der Waals surface area contributed by atoms with Gasteiger partial charge in [0.1, 0.15) is 5.75 Å². The molecule has 2 aromatic rings. The van der Waals surface area contributed by atoms with Crippen molar-refractivity contribution in [1.29, 1.82) is 0 Å². The highest BCUT2D eigenvalue weighted by molar-refractivity contribution is 6.32. The van der Waals surface area contributed by atoms with E-state index in [1.165, 1.54) is 0 Å². The van der Waals surface area contributed by atoms with Crippen LogP contribution >= 0.6 is 11.6 Å². The van der Waals surface area contributed by atoms with Crippen LogP contribution in [0, 0.1) is 0 Å². The number of halogens is 1. The van der Waals surface area contributed by atoms with Crippen LogP contribution in [0.15, 0.2) is 22.7 Å². The van der Waals surface area contributed by atoms with Gasteiger partial charge in [0.05, 0.1) is 18.2 Å². The number of hydrogen-bond donors (Lipinski definition) is 1. The van der Waals surface area contributed by atoms with Gasteiger partial charge in [-0.05, 0) is 25.1 Å². The highest BCUT2D eigenvalue weighted by atomic mass is 35.5. The molecule has 90 valence electrons. The first-order valence-electron chi connectivity index (χ1n) is 5.20. The van der Waals surface area contributed by atoms with Crippen molar-refractivity contribution in [3.63, 3.8) is 0 Å². The molecular weight excluding hydrogens is 242 g/mol. The zero-order valence-electron chi connectivity index (χ0n) is 9.31. The Morgan fingerprint density at radius 2 is 2.29 bits per heavy atom. The standard InChI is InChI=1S/C11H12ClN3O2/c1-2-16-9-4-3-7(5-8(9)12)11-14-10(6-13)17-15-11/h3-5H,2,6,13H2,1H3. The average Bonchev–Trinajstić information content (AvgIpc) is 2.80. The van der Waals surface area contributed by atoms with Crippen molar-refractivity contribution < 1.29 is 9.26 Å². The van der Waals surface area contributed by atoms with Crippen molar-refractivity contribution in [3.05, 3.63) is 29.1 Å². The van der Waals surface area contributed by atoms with Crippen LogP contribution in [-0.2, 0) is 6.54 Å². The Hall–Kier alpha value is -1.59. The summed E-state index contributed by atoms with van der Waals surface area (Å²) in [6.07, 6.45) is 0. The van der Waals surface area contributed by atoms with Crippen LogP contribution in [0.5, 0.6) is 5.75 Å². The van der Waals surface area contributed by atoms with E-state index in [1.807, 2.05) is 13.0 Å². The van der Waals surface area contributed by atoms with E-state index in [0.717, 1.165) is 5.56 Å². The van der Waals surface area contributed by atoms with Crippen molar-refractivity contribution in [1.82, 2.24) is 10.1 Å². The first-order chi connectivity index (χ1) is 8.24. The third-order valence-corrected chi connectivity index (χ3v) is 2.43. The molecule has 0 aliphatic heterocycles. The molecule has 6 heteroatoms. The van der Waals surface area contributed by atoms with E-state index in [4.69, 9.17) is 26.6 Å². The Morgan fingerprint density at radius 1 is 1.47 bits per heavy atom. The van der Waals surface area contributed by atoms with Gasteiger partial charge in [-0.3, -0.25) is 0 Å². The van der Waals surface area contributed by atoms with Crippen LogP contribution in [0.4, 0.5) is 0 Å². The van der Waals surface area contributed by atoms with Gasteiger partial charge in [0, 0.05) is 5.56 Å². The summed E-state index contributed by atoms with van der Waals surface area (Å²) in [6, 6.07) is 5.33. The Bertz CT molecular complexity index is 513. The minimum absolute atomic E-state index is 0.220. The van der Waals surface area contributed by atoms with Gasteiger partial charge in [-0.15, -0.1) is 0 Å². The highest BCUT2D eigenvalue weighted by Crippen LogP contribution is 2.29. The third-order valence-electron chi connectivity index (χ3n) is 2.13. The summed E-state index contributed by atoms with van der Waals surface area (Å²) in [6.45, 7) is 2.69. The lowest BCUT2D eigenvalue weighted by atomic mass is 10.2. The second-order valence-corrected chi connectivity index (χ2v) is 3.70. The molecule has 0 saturated carbocycles. The second kappa shape index (κ2) is 5.16. The number of benzene rings is 1. The highest BCUT2D eigenvalue weighted by Gasteiger charge is 2.10. The van der Waals surface area contributed by atoms with Crippen molar-refractivity contribution in [3.8, 4) is 17.1 Å². The number of ether oxygens (including phenoxy) is 1. The summed E-state index contributed by atoms with van der Waals surface area (Å²) in [5, 5.41) is 4.33. The van der Waals surface area contributed by atoms with E-state index in [2.05, 4.69) is 10.1 Å². The lowest BCUT2D eigenvalue weighted by molar-refractivity contribution is 0.340. The molecule has 2 N–H and O–H groups in total. The maximum atomic E-state index is 6.06. The molecule has 0 atom stereocenters. The Morgan fingerprint density at radius 3 is 2.88 bits per heavy atom. The third kappa shape index (κ3) is 2.57. The van der Waals surface area contributed by atoms with Gasteiger partial charge >= 0.3 is 0 Å². The fourth-order valence-electron chi connectivity index (χ4n) is 1.37. The molecule has 0 aliphatic carbocycles. The molecule has 0 saturated heterocycles. The fraction of sp³-hybridized carbons (Fsp3) is 0.273. The minimum Gasteiger partial charge on any atom is -0.492 e. The molecule has 0 unspecified atom stereocenters. The maximum absolute atomic E-state index is 6.06. The zero-order chi connectivity index (χ0) is 12.3. The monoisotopic (exact) mass is 253 g/mol. The minimum atomic E-state index is 0.220. The van der Waals surface area contributed by atoms with Crippen LogP contribution in [0.1, 0.15) is 12.8 Å². The SMILES string of the molecule is CCOc1ccc(-c2noc(CN)n2)cc1Cl. The van der Waals surface area contributed by atoms with E-state index >= 15 is 0 Å². The number of nitrogens with zero attached hydrogens (tertiary/aromatic N) is 2. The van der Waals surface area contributed by atoms with E-state index in [0.29, 0.717) is 29.1 Å². The lowest BCUT2D eigenvalue weighted by Crippen LogP contribution is -1.95. The molecule has 0 radical (unpaired) electrons. The quantitative estimate of drug-likeness (QED) is 0.905. The average molecular weight is 254 g/mol. The molecule has 5 nitrogen and oxygen atoms in total. The van der Waals surface area contributed by atoms with Crippen LogP contribution in [0.2, 0.25) is 5.02 Å². The number of nitrogens with two attached hydrogens (primary N) is 1. The van der Waals surface area contributed by atoms with E-state index in [9.17, 15) is 0 Å². The van der Waals surface area contributed by atoms with E-state index in [1.54, 1.807) is 12.1 Å². The predicted molar refractivity (Wildman–Crippen MR) is 63.8 cm³/mol. The van der Waals surface area contributed by atoms with E-state index in [-0.39, 0.29) is 6.54 Å². The predicted octanol–water partition coefficient (Wildman–Crippen LogP) is 2.25. The van der Waals surface area contributed by atoms with Crippen molar-refractivity contribution >= 4 is 11.6 Å². The topological polar surface area (TPSA) is 74.2 Å². The van der Waals surface area contributed by atoms with Gasteiger partial charge in [0.25, 0.3) is 0 Å². The second-order valence-electron chi connectivity index (χ2n) is 3.29. The molecule has 1 aromatic heterocycles. The zero-order valence-corrected chi connectivity index (χ0v) is 10.1. The van der Waals surface area contributed by atoms with Gasteiger partial charge in [0.15, 0.2) is 0 Å². The van der Waals surface area contributed by atoms with Gasteiger partial charge in [-0.25, -0.2) is 0 Å². The molecule has 0 fully saturated rings. The number of rotatable bonds is 4. The normalized spacial score (nSPS) is 10.5. The van der Waals surface area contributed by atoms with Crippen LogP contribution in [0.25, 0.3) is 11.4 Å². The Labute approximate surface area is 104 Å². The molecule has 0 amide bonds. The molecule has 1 aromatic carbocycles. The smallest absolute Gasteiger partial charge is 0.240 e. The molecule has 0 aliphatic rings. The van der Waals surface area contributed by atoms with Crippen molar-refractivity contribution in [2.45, 2.75) is 13.5 Å². The van der Waals surface area contributed by atoms with Gasteiger partial charge in [-0.1, -0.05) is 16.8 Å². The summed E-state index contributed by atoms with van der Waals surface area (Å²) in [5.41, 5.74) is 6.16. The van der Waals surface area contributed by atoms with Crippen LogP contribution in [0.3, 0.4) is 0 Å². The molecule has 1 heterocycles. The summed E-state index contributed by atoms with van der Waals surface area (Å²) in [7, 11) is 0. The molecule has 0 spiro atoms. The first kappa shape index (κ1) is 11.9. The fourth-order valence-corrected chi connectivity index (χ4v) is 1.60. The molecule has 2 rings (SSSR count). The number of aromatic nitrogens is 2. The van der Waals surface area contributed by atoms with Crippen molar-refractivity contribution in [2.75, 3.05) is 6.61 Å². The van der Waals surface area contributed by atoms with E-state index < -0.39 is 0 Å². The van der Waals surface area contributed by atoms with Gasteiger partial charge in [-0.2, -0.15) is 4.98 Å². The van der Waals surface area contributed by atoms with Gasteiger partial charge in [0.2, 0.25) is 11.7 Å². The Balaban J connectivity index is 2.30. The number of hydrogen-bond acceptors (Lipinski definition) is 5. The summed E-state index contributed by atoms with van der Waals surface area (Å²) < 4.78 is 10.3. The molecule has 0 bridgehead atoms. The van der Waals surface area contributed by atoms with Gasteiger partial charge < -0.3 is 15.0 Å². The first-order valence-corrected chi connectivity index (χ1v) is 5.57. The molecular formula is C11H12ClN3O2. The summed E-state index contributed by atoms with van der Waals surface area (Å²) in [4.78, 5) is 4.11. The molecule has 17 heavy (non-hydrogen) atoms. The Kier molecular flexibility index (Phi) is 3.61. The summed E-state index contributed by atoms with van der Waals surface area (Å²) >= 11 is 6.06. The van der Waals surface area contributed by atoms with Crippen LogP contribution in [-0.4, -0.2) is 16.7 Å². The lowest BCUT2D eigenvalue weighted by Gasteiger charge is -2.05. The van der Waals surface area contributed by atoms with Crippen molar-refractivity contribution in [2.24, 2.45) is 5.73 Å². The van der Waals surface area contributed by atoms with Crippen LogP contribution < -0.4 is 10.5 Å². The largest absolute Gasteiger partial charge is 0.492 e.